The van der Waals surface area contributed by atoms with Crippen LogP contribution in [0.25, 0.3) is 44.9 Å². The number of aromatic amines is 2. The zero-order valence-corrected chi connectivity index (χ0v) is 31.1. The van der Waals surface area contributed by atoms with Gasteiger partial charge in [0.1, 0.15) is 22.7 Å². The number of allylic oxidation sites excluding steroid dienone is 4. The van der Waals surface area contributed by atoms with E-state index >= 15 is 0 Å². The fraction of sp³-hybridized carbons (Fsp3) is 0.556. The predicted octanol–water partition coefficient (Wildman–Crippen LogP) is 7.18. The van der Waals surface area contributed by atoms with Gasteiger partial charge in [-0.3, -0.25) is 0 Å². The van der Waals surface area contributed by atoms with Crippen LogP contribution in [0.15, 0.2) is 0 Å². The van der Waals surface area contributed by atoms with Crippen molar-refractivity contribution in [3.05, 3.63) is 23.3 Å². The van der Waals surface area contributed by atoms with E-state index in [0.29, 0.717) is 34.2 Å². The summed E-state index contributed by atoms with van der Waals surface area (Å²) in [4.78, 5) is 47.0. The third-order valence-corrected chi connectivity index (χ3v) is 8.71. The molecule has 12 nitrogen and oxygen atoms in total. The Morgan fingerprint density at radius 2 is 0.583 bits per heavy atom. The second-order valence-electron chi connectivity index (χ2n) is 13.5. The summed E-state index contributed by atoms with van der Waals surface area (Å²) in [5.41, 5.74) is 11.2. The van der Waals surface area contributed by atoms with E-state index in [0.717, 1.165) is 96.9 Å². The quantitative estimate of drug-likeness (QED) is 0.208. The van der Waals surface area contributed by atoms with E-state index < -0.39 is 0 Å². The standard InChI is InChI=1S/C36H54N12/c1-13-17-21-23(19-15-3)31-38-29(21)37-30-22(18-14-2)24(20-16-4)32(39-30)41-34-26(46(7)8)28(48(11)12)36(43-34)44-35-27(47(9)10)25(45(5)6)33(40-31)42-35/h13-20H2,1-12H3,(H2,37,38,39,40,41,42,43,44). The van der Waals surface area contributed by atoms with Crippen LogP contribution in [-0.4, -0.2) is 96.3 Å². The third kappa shape index (κ3) is 6.36. The van der Waals surface area contributed by atoms with Crippen LogP contribution in [-0.2, 0) is 0 Å². The molecule has 0 aliphatic carbocycles. The zero-order valence-electron chi connectivity index (χ0n) is 31.1. The molecule has 0 saturated heterocycles. The summed E-state index contributed by atoms with van der Waals surface area (Å²) in [6.07, 6.45) is 7.42. The SMILES string of the molecule is CCCC1=C(CCC)c2nc1nc1nc(nc3[nH]c(nc4[nH]c(n2)c(N(C)C)c4N(C)C)c(N(C)C)c3N(C)C)C(CCC)=C1CCC. The van der Waals surface area contributed by atoms with Crippen molar-refractivity contribution in [2.75, 3.05) is 76.0 Å². The summed E-state index contributed by atoms with van der Waals surface area (Å²) in [7, 11) is 16.3. The van der Waals surface area contributed by atoms with Crippen molar-refractivity contribution in [1.82, 2.24) is 39.9 Å². The van der Waals surface area contributed by atoms with Gasteiger partial charge in [0.25, 0.3) is 0 Å². The van der Waals surface area contributed by atoms with E-state index in [9.17, 15) is 0 Å². The average molecular weight is 655 g/mol. The van der Waals surface area contributed by atoms with Crippen LogP contribution in [0.5, 0.6) is 0 Å². The normalized spacial score (nSPS) is 13.1. The number of rotatable bonds is 12. The number of hydrogen-bond acceptors (Lipinski definition) is 10. The lowest BCUT2D eigenvalue weighted by Crippen LogP contribution is -2.16. The van der Waals surface area contributed by atoms with Crippen LogP contribution in [0.2, 0.25) is 0 Å². The summed E-state index contributed by atoms with van der Waals surface area (Å²) in [5.74, 6) is 2.86. The van der Waals surface area contributed by atoms with Gasteiger partial charge in [0.2, 0.25) is 0 Å². The lowest BCUT2D eigenvalue weighted by Gasteiger charge is -2.19. The van der Waals surface area contributed by atoms with E-state index in [1.807, 2.05) is 56.4 Å². The molecule has 2 aliphatic rings. The van der Waals surface area contributed by atoms with Gasteiger partial charge in [-0.15, -0.1) is 0 Å². The number of fused-ring (bicyclic) bond motifs is 8. The van der Waals surface area contributed by atoms with Crippen molar-refractivity contribution in [2.24, 2.45) is 0 Å². The molecule has 3 aromatic heterocycles. The monoisotopic (exact) mass is 654 g/mol. The number of anilines is 4. The van der Waals surface area contributed by atoms with Crippen molar-refractivity contribution in [3.63, 3.8) is 0 Å². The lowest BCUT2D eigenvalue weighted by molar-refractivity contribution is 0.934. The summed E-state index contributed by atoms with van der Waals surface area (Å²) >= 11 is 0. The summed E-state index contributed by atoms with van der Waals surface area (Å²) in [5, 5.41) is 0. The molecule has 48 heavy (non-hydrogen) atoms. The number of nitrogens with one attached hydrogen (secondary N) is 2. The molecule has 0 saturated carbocycles. The Morgan fingerprint density at radius 3 is 0.812 bits per heavy atom. The van der Waals surface area contributed by atoms with Gasteiger partial charge < -0.3 is 29.6 Å². The van der Waals surface area contributed by atoms with E-state index in [4.69, 9.17) is 29.9 Å². The van der Waals surface area contributed by atoms with Crippen LogP contribution < -0.4 is 19.6 Å². The van der Waals surface area contributed by atoms with Crippen LogP contribution >= 0.6 is 0 Å². The van der Waals surface area contributed by atoms with Gasteiger partial charge in [0, 0.05) is 78.7 Å². The first-order valence-corrected chi connectivity index (χ1v) is 17.4. The largest absolute Gasteiger partial charge is 0.373 e. The minimum atomic E-state index is 0.698. The maximum atomic E-state index is 5.28. The van der Waals surface area contributed by atoms with Gasteiger partial charge in [-0.25, -0.2) is 29.9 Å². The molecule has 0 fully saturated rings. The summed E-state index contributed by atoms with van der Waals surface area (Å²) < 4.78 is 0. The van der Waals surface area contributed by atoms with Gasteiger partial charge in [0.15, 0.2) is 45.9 Å². The minimum Gasteiger partial charge on any atom is -0.373 e. The van der Waals surface area contributed by atoms with Crippen LogP contribution in [0.4, 0.5) is 22.7 Å². The number of H-pyrrole nitrogens is 2. The molecule has 0 aromatic carbocycles. The highest BCUT2D eigenvalue weighted by Gasteiger charge is 2.27. The molecule has 3 aromatic rings. The Balaban J connectivity index is 2.08. The molecule has 0 atom stereocenters. The van der Waals surface area contributed by atoms with Gasteiger partial charge in [-0.2, -0.15) is 0 Å². The second kappa shape index (κ2) is 14.3. The first-order chi connectivity index (χ1) is 22.9. The van der Waals surface area contributed by atoms with E-state index in [2.05, 4.69) is 57.3 Å². The highest BCUT2D eigenvalue weighted by atomic mass is 15.2. The average Bonchev–Trinajstić information content (AvgIpc) is 3.73. The van der Waals surface area contributed by atoms with Crippen LogP contribution in [0.3, 0.4) is 0 Å². The van der Waals surface area contributed by atoms with Crippen molar-refractivity contribution in [3.8, 4) is 0 Å². The van der Waals surface area contributed by atoms with Gasteiger partial charge in [-0.1, -0.05) is 53.4 Å². The molecule has 0 radical (unpaired) electrons. The third-order valence-electron chi connectivity index (χ3n) is 8.71. The molecule has 5 heterocycles. The molecule has 0 amide bonds. The fourth-order valence-electron chi connectivity index (χ4n) is 6.78. The topological polar surface area (TPSA) is 122 Å². The second-order valence-corrected chi connectivity index (χ2v) is 13.5. The van der Waals surface area contributed by atoms with Crippen molar-refractivity contribution in [2.45, 2.75) is 79.1 Å². The molecule has 5 rings (SSSR count). The summed E-state index contributed by atoms with van der Waals surface area (Å²) in [6.45, 7) is 8.83. The van der Waals surface area contributed by atoms with E-state index in [-0.39, 0.29) is 0 Å². The highest BCUT2D eigenvalue weighted by Crippen LogP contribution is 2.41. The van der Waals surface area contributed by atoms with Crippen molar-refractivity contribution >= 4 is 67.6 Å². The lowest BCUT2D eigenvalue weighted by atomic mass is 10.00. The van der Waals surface area contributed by atoms with Gasteiger partial charge in [-0.05, 0) is 25.7 Å². The first-order valence-electron chi connectivity index (χ1n) is 17.4. The zero-order chi connectivity index (χ0) is 34.9. The highest BCUT2D eigenvalue weighted by molar-refractivity contribution is 5.99. The van der Waals surface area contributed by atoms with Crippen LogP contribution in [0, 0.1) is 0 Å². The maximum absolute atomic E-state index is 5.28. The van der Waals surface area contributed by atoms with Crippen LogP contribution in [0.1, 0.15) is 102 Å². The van der Waals surface area contributed by atoms with Gasteiger partial charge >= 0.3 is 0 Å². The Bertz CT molecular complexity index is 1760. The van der Waals surface area contributed by atoms with E-state index in [1.54, 1.807) is 0 Å². The van der Waals surface area contributed by atoms with Crippen molar-refractivity contribution in [1.29, 1.82) is 0 Å². The number of hydrogen-bond donors (Lipinski definition) is 2. The predicted molar refractivity (Wildman–Crippen MR) is 203 cm³/mol. The molecule has 2 aliphatic heterocycles. The molecule has 0 unspecified atom stereocenters. The Morgan fingerprint density at radius 1 is 0.354 bits per heavy atom. The number of nitrogens with zero attached hydrogens (tertiary/aromatic N) is 10. The smallest absolute Gasteiger partial charge is 0.160 e. The molecule has 2 N–H and O–H groups in total. The van der Waals surface area contributed by atoms with Crippen molar-refractivity contribution < 1.29 is 0 Å². The first kappa shape index (κ1) is 34.8. The van der Waals surface area contributed by atoms with E-state index in [1.165, 1.54) is 11.1 Å². The molecule has 258 valence electrons. The Labute approximate surface area is 285 Å². The Kier molecular flexibility index (Phi) is 10.4. The molecule has 8 bridgehead atoms. The molecule has 12 heteroatoms. The molecular weight excluding hydrogens is 600 g/mol. The summed E-state index contributed by atoms with van der Waals surface area (Å²) in [6, 6.07) is 0. The molecular formula is C36H54N12. The van der Waals surface area contributed by atoms with Gasteiger partial charge in [0.05, 0.1) is 0 Å². The maximum Gasteiger partial charge on any atom is 0.160 e. The minimum absolute atomic E-state index is 0.698. The molecule has 0 spiro atoms. The number of aromatic nitrogens is 8. The fourth-order valence-corrected chi connectivity index (χ4v) is 6.78. The Hall–Kier alpha value is -4.48.